The van der Waals surface area contributed by atoms with Gasteiger partial charge in [-0.15, -0.1) is 0 Å². The first kappa shape index (κ1) is 17.5. The molecule has 1 aliphatic rings. The summed E-state index contributed by atoms with van der Waals surface area (Å²) in [6, 6.07) is 9.98. The Labute approximate surface area is 138 Å². The molecule has 1 aromatic carbocycles. The van der Waals surface area contributed by atoms with E-state index in [2.05, 4.69) is 17.3 Å². The Hall–Kier alpha value is -1.88. The van der Waals surface area contributed by atoms with E-state index < -0.39 is 0 Å². The van der Waals surface area contributed by atoms with Crippen LogP contribution in [0.1, 0.15) is 25.8 Å². The molecule has 0 aliphatic carbocycles. The molecule has 5 nitrogen and oxygen atoms in total. The van der Waals surface area contributed by atoms with Gasteiger partial charge in [0.15, 0.2) is 0 Å². The molecule has 0 spiro atoms. The third kappa shape index (κ3) is 5.06. The van der Waals surface area contributed by atoms with Crippen molar-refractivity contribution < 1.29 is 9.59 Å². The fraction of sp³-hybridized carbons (Fsp3) is 0.556. The molecule has 5 heteroatoms. The van der Waals surface area contributed by atoms with E-state index in [1.165, 1.54) is 0 Å². The minimum Gasteiger partial charge on any atom is -0.347 e. The maximum absolute atomic E-state index is 12.2. The highest BCUT2D eigenvalue weighted by atomic mass is 16.2. The summed E-state index contributed by atoms with van der Waals surface area (Å²) in [4.78, 5) is 28.3. The number of nitrogens with one attached hydrogen (secondary N) is 1. The quantitative estimate of drug-likeness (QED) is 0.889. The van der Waals surface area contributed by atoms with Gasteiger partial charge in [0.2, 0.25) is 11.8 Å². The van der Waals surface area contributed by atoms with Gasteiger partial charge >= 0.3 is 0 Å². The molecule has 126 valence electrons. The van der Waals surface area contributed by atoms with E-state index in [1.807, 2.05) is 49.1 Å². The highest BCUT2D eigenvalue weighted by molar-refractivity contribution is 5.85. The van der Waals surface area contributed by atoms with Crippen LogP contribution in [0.15, 0.2) is 30.3 Å². The Morgan fingerprint density at radius 3 is 2.30 bits per heavy atom. The summed E-state index contributed by atoms with van der Waals surface area (Å²) >= 11 is 0. The molecule has 2 rings (SSSR count). The number of hydrogen-bond acceptors (Lipinski definition) is 3. The summed E-state index contributed by atoms with van der Waals surface area (Å²) in [7, 11) is 2.05. The number of carbonyl (C=O) groups excluding carboxylic acids is 2. The van der Waals surface area contributed by atoms with Gasteiger partial charge in [-0.1, -0.05) is 44.2 Å². The van der Waals surface area contributed by atoms with Crippen LogP contribution in [0.2, 0.25) is 0 Å². The zero-order valence-corrected chi connectivity index (χ0v) is 14.3. The molecule has 0 aromatic heterocycles. The van der Waals surface area contributed by atoms with Crippen LogP contribution in [0.25, 0.3) is 0 Å². The molecule has 1 fully saturated rings. The lowest BCUT2D eigenvalue weighted by Crippen LogP contribution is -2.50. The van der Waals surface area contributed by atoms with E-state index in [-0.39, 0.29) is 23.8 Å². The van der Waals surface area contributed by atoms with E-state index >= 15 is 0 Å². The first-order valence-corrected chi connectivity index (χ1v) is 8.17. The van der Waals surface area contributed by atoms with Crippen molar-refractivity contribution in [3.05, 3.63) is 35.9 Å². The summed E-state index contributed by atoms with van der Waals surface area (Å²) in [5.74, 6) is -0.0784. The van der Waals surface area contributed by atoms with Crippen molar-refractivity contribution in [1.29, 1.82) is 0 Å². The largest absolute Gasteiger partial charge is 0.347 e. The molecule has 1 saturated heterocycles. The molecule has 0 unspecified atom stereocenters. The van der Waals surface area contributed by atoms with Crippen molar-refractivity contribution in [2.24, 2.45) is 0 Å². The SMILES string of the molecule is CN1CCN(C(=O)CNC(=O)CC(C)(C)c2ccccc2)CC1. The standard InChI is InChI=1S/C18H27N3O2/c1-18(2,15-7-5-4-6-8-15)13-16(22)19-14-17(23)21-11-9-20(3)10-12-21/h4-8H,9-14H2,1-3H3,(H,19,22). The number of rotatable bonds is 5. The van der Waals surface area contributed by atoms with Crippen molar-refractivity contribution in [3.8, 4) is 0 Å². The number of benzene rings is 1. The molecule has 0 saturated carbocycles. The summed E-state index contributed by atoms with van der Waals surface area (Å²) in [5.41, 5.74) is 0.878. The molecule has 2 amide bonds. The van der Waals surface area contributed by atoms with Crippen molar-refractivity contribution in [2.75, 3.05) is 39.8 Å². The van der Waals surface area contributed by atoms with E-state index in [1.54, 1.807) is 0 Å². The second-order valence-corrected chi connectivity index (χ2v) is 6.89. The highest BCUT2D eigenvalue weighted by Gasteiger charge is 2.25. The van der Waals surface area contributed by atoms with Crippen LogP contribution in [-0.2, 0) is 15.0 Å². The molecule has 0 radical (unpaired) electrons. The first-order valence-electron chi connectivity index (χ1n) is 8.17. The van der Waals surface area contributed by atoms with Crippen molar-refractivity contribution in [1.82, 2.24) is 15.1 Å². The summed E-state index contributed by atoms with van der Waals surface area (Å²) in [6.45, 7) is 7.44. The van der Waals surface area contributed by atoms with Gasteiger partial charge in [0.1, 0.15) is 0 Å². The van der Waals surface area contributed by atoms with Crippen LogP contribution in [0.4, 0.5) is 0 Å². The van der Waals surface area contributed by atoms with Gasteiger partial charge in [0.25, 0.3) is 0 Å². The molecular weight excluding hydrogens is 290 g/mol. The summed E-state index contributed by atoms with van der Waals surface area (Å²) in [6.07, 6.45) is 0.368. The van der Waals surface area contributed by atoms with Crippen molar-refractivity contribution >= 4 is 11.8 Å². The molecule has 1 N–H and O–H groups in total. The number of piperazine rings is 1. The third-order valence-electron chi connectivity index (χ3n) is 4.45. The lowest BCUT2D eigenvalue weighted by atomic mass is 9.81. The zero-order valence-electron chi connectivity index (χ0n) is 14.3. The monoisotopic (exact) mass is 317 g/mol. The Morgan fingerprint density at radius 1 is 1.09 bits per heavy atom. The van der Waals surface area contributed by atoms with Gasteiger partial charge in [-0.2, -0.15) is 0 Å². The molecule has 0 bridgehead atoms. The van der Waals surface area contributed by atoms with Crippen LogP contribution in [0, 0.1) is 0 Å². The van der Waals surface area contributed by atoms with E-state index in [4.69, 9.17) is 0 Å². The van der Waals surface area contributed by atoms with Crippen LogP contribution in [-0.4, -0.2) is 61.4 Å². The lowest BCUT2D eigenvalue weighted by molar-refractivity contribution is -0.134. The maximum Gasteiger partial charge on any atom is 0.242 e. The summed E-state index contributed by atoms with van der Waals surface area (Å²) < 4.78 is 0. The number of amides is 2. The second kappa shape index (κ2) is 7.59. The number of hydrogen-bond donors (Lipinski definition) is 1. The van der Waals surface area contributed by atoms with Gasteiger partial charge in [-0.05, 0) is 18.0 Å². The molecule has 23 heavy (non-hydrogen) atoms. The van der Waals surface area contributed by atoms with Gasteiger partial charge < -0.3 is 15.1 Å². The second-order valence-electron chi connectivity index (χ2n) is 6.89. The van der Waals surface area contributed by atoms with Gasteiger partial charge in [0.05, 0.1) is 6.54 Å². The van der Waals surface area contributed by atoms with Crippen molar-refractivity contribution in [2.45, 2.75) is 25.7 Å². The van der Waals surface area contributed by atoms with Gasteiger partial charge in [-0.3, -0.25) is 9.59 Å². The molecule has 1 aliphatic heterocycles. The van der Waals surface area contributed by atoms with Gasteiger partial charge in [0, 0.05) is 32.6 Å². The van der Waals surface area contributed by atoms with Gasteiger partial charge in [-0.25, -0.2) is 0 Å². The first-order chi connectivity index (χ1) is 10.9. The fourth-order valence-electron chi connectivity index (χ4n) is 2.80. The molecule has 1 heterocycles. The number of likely N-dealkylation sites (N-methyl/N-ethyl adjacent to an activating group) is 1. The van der Waals surface area contributed by atoms with Crippen LogP contribution < -0.4 is 5.32 Å². The summed E-state index contributed by atoms with van der Waals surface area (Å²) in [5, 5.41) is 2.77. The number of carbonyl (C=O) groups is 2. The van der Waals surface area contributed by atoms with E-state index in [0.717, 1.165) is 31.7 Å². The van der Waals surface area contributed by atoms with Crippen LogP contribution in [0.3, 0.4) is 0 Å². The predicted octanol–water partition coefficient (Wildman–Crippen LogP) is 1.24. The van der Waals surface area contributed by atoms with E-state index in [9.17, 15) is 9.59 Å². The normalized spacial score (nSPS) is 16.2. The molecule has 0 atom stereocenters. The Bertz CT molecular complexity index is 534. The average Bonchev–Trinajstić information content (AvgIpc) is 2.54. The molecule has 1 aromatic rings. The van der Waals surface area contributed by atoms with Crippen LogP contribution >= 0.6 is 0 Å². The topological polar surface area (TPSA) is 52.6 Å². The highest BCUT2D eigenvalue weighted by Crippen LogP contribution is 2.26. The zero-order chi connectivity index (χ0) is 16.9. The number of nitrogens with zero attached hydrogens (tertiary/aromatic N) is 2. The minimum absolute atomic E-state index is 0.00367. The average molecular weight is 317 g/mol. The van der Waals surface area contributed by atoms with Crippen molar-refractivity contribution in [3.63, 3.8) is 0 Å². The third-order valence-corrected chi connectivity index (χ3v) is 4.45. The van der Waals surface area contributed by atoms with Crippen LogP contribution in [0.5, 0.6) is 0 Å². The predicted molar refractivity (Wildman–Crippen MR) is 91.2 cm³/mol. The Balaban J connectivity index is 1.80. The smallest absolute Gasteiger partial charge is 0.242 e. The Kier molecular flexibility index (Phi) is 5.77. The molecular formula is C18H27N3O2. The Morgan fingerprint density at radius 2 is 1.70 bits per heavy atom. The fourth-order valence-corrected chi connectivity index (χ4v) is 2.80. The maximum atomic E-state index is 12.2. The lowest BCUT2D eigenvalue weighted by Gasteiger charge is -2.32. The minimum atomic E-state index is -0.248. The van der Waals surface area contributed by atoms with E-state index in [0.29, 0.717) is 6.42 Å².